The molecule has 0 aromatic heterocycles. The Morgan fingerprint density at radius 3 is 2.59 bits per heavy atom. The molecule has 1 aliphatic heterocycles. The van der Waals surface area contributed by atoms with Gasteiger partial charge >= 0.3 is 6.09 Å². The second-order valence-electron chi connectivity index (χ2n) is 7.52. The van der Waals surface area contributed by atoms with Crippen molar-refractivity contribution in [3.05, 3.63) is 35.9 Å². The van der Waals surface area contributed by atoms with Gasteiger partial charge in [0.2, 0.25) is 0 Å². The van der Waals surface area contributed by atoms with E-state index in [9.17, 15) is 4.79 Å². The minimum atomic E-state index is -0.246. The van der Waals surface area contributed by atoms with E-state index < -0.39 is 0 Å². The molecule has 1 aliphatic carbocycles. The Morgan fingerprint density at radius 2 is 1.93 bits per heavy atom. The number of rotatable bonds is 6. The van der Waals surface area contributed by atoms with Crippen molar-refractivity contribution in [1.29, 1.82) is 0 Å². The second-order valence-corrected chi connectivity index (χ2v) is 8.16. The highest BCUT2D eigenvalue weighted by Gasteiger charge is 2.36. The van der Waals surface area contributed by atoms with E-state index in [2.05, 4.69) is 35.1 Å². The van der Waals surface area contributed by atoms with Gasteiger partial charge in [0.05, 0.1) is 25.9 Å². The van der Waals surface area contributed by atoms with Gasteiger partial charge in [-0.05, 0) is 56.3 Å². The lowest BCUT2D eigenvalue weighted by Crippen LogP contribution is -2.57. The standard InChI is InChI=1S/C21H32N2O3S/c1-25-21(24)23-14-6-9-19(22-27-2)20(23)15-26-18-12-10-17(11-13-18)16-7-4-3-5-8-16/h3-5,7-8,17-20,22H,6,9-15H2,1-2H3. The van der Waals surface area contributed by atoms with Gasteiger partial charge < -0.3 is 14.4 Å². The zero-order chi connectivity index (χ0) is 19.1. The molecule has 1 aromatic rings. The van der Waals surface area contributed by atoms with Gasteiger partial charge in [-0.3, -0.25) is 4.72 Å². The molecule has 1 amide bonds. The number of amides is 1. The van der Waals surface area contributed by atoms with Crippen LogP contribution in [0.15, 0.2) is 30.3 Å². The topological polar surface area (TPSA) is 50.8 Å². The minimum absolute atomic E-state index is 0.0329. The van der Waals surface area contributed by atoms with E-state index in [-0.39, 0.29) is 18.2 Å². The lowest BCUT2D eigenvalue weighted by molar-refractivity contribution is -0.0242. The van der Waals surface area contributed by atoms with Crippen LogP contribution in [0.1, 0.15) is 50.0 Å². The van der Waals surface area contributed by atoms with E-state index >= 15 is 0 Å². The molecule has 27 heavy (non-hydrogen) atoms. The van der Waals surface area contributed by atoms with Gasteiger partial charge in [0, 0.05) is 12.6 Å². The first-order chi connectivity index (χ1) is 13.2. The van der Waals surface area contributed by atoms with Gasteiger partial charge in [0.1, 0.15) is 0 Å². The molecule has 1 aromatic carbocycles. The molecule has 1 saturated carbocycles. The summed E-state index contributed by atoms with van der Waals surface area (Å²) in [6.45, 7) is 1.32. The Bertz CT molecular complexity index is 576. The lowest BCUT2D eigenvalue weighted by atomic mass is 9.83. The molecule has 1 saturated heterocycles. The van der Waals surface area contributed by atoms with Crippen LogP contribution in [0, 0.1) is 0 Å². The first kappa shape index (κ1) is 20.5. The summed E-state index contributed by atoms with van der Waals surface area (Å²) in [5.74, 6) is 0.651. The zero-order valence-electron chi connectivity index (χ0n) is 16.4. The summed E-state index contributed by atoms with van der Waals surface area (Å²) in [5, 5.41) is 0. The van der Waals surface area contributed by atoms with Gasteiger partial charge in [-0.25, -0.2) is 4.79 Å². The van der Waals surface area contributed by atoms with Crippen molar-refractivity contribution in [3.8, 4) is 0 Å². The molecular formula is C21H32N2O3S. The molecule has 150 valence electrons. The number of hydrogen-bond acceptors (Lipinski definition) is 5. The predicted octanol–water partition coefficient (Wildman–Crippen LogP) is 4.20. The Labute approximate surface area is 167 Å². The maximum atomic E-state index is 12.2. The predicted molar refractivity (Wildman–Crippen MR) is 110 cm³/mol. The van der Waals surface area contributed by atoms with E-state index in [4.69, 9.17) is 9.47 Å². The first-order valence-corrected chi connectivity index (χ1v) is 11.2. The number of nitrogens with one attached hydrogen (secondary N) is 1. The Hall–Kier alpha value is -1.24. The van der Waals surface area contributed by atoms with E-state index in [1.54, 1.807) is 11.9 Å². The third kappa shape index (κ3) is 5.39. The van der Waals surface area contributed by atoms with Crippen LogP contribution in [-0.2, 0) is 9.47 Å². The van der Waals surface area contributed by atoms with Crippen molar-refractivity contribution < 1.29 is 14.3 Å². The van der Waals surface area contributed by atoms with Crippen LogP contribution in [0.5, 0.6) is 0 Å². The minimum Gasteiger partial charge on any atom is -0.453 e. The number of benzene rings is 1. The molecular weight excluding hydrogens is 360 g/mol. The van der Waals surface area contributed by atoms with Gasteiger partial charge in [0.25, 0.3) is 0 Å². The van der Waals surface area contributed by atoms with Crippen LogP contribution in [0.25, 0.3) is 0 Å². The van der Waals surface area contributed by atoms with Crippen LogP contribution in [0.4, 0.5) is 4.79 Å². The van der Waals surface area contributed by atoms with E-state index in [0.717, 1.165) is 32.2 Å². The number of piperidine rings is 1. The van der Waals surface area contributed by atoms with E-state index in [0.29, 0.717) is 18.6 Å². The van der Waals surface area contributed by atoms with Crippen molar-refractivity contribution >= 4 is 18.0 Å². The maximum Gasteiger partial charge on any atom is 0.409 e. The third-order valence-corrected chi connectivity index (χ3v) is 6.44. The highest BCUT2D eigenvalue weighted by Crippen LogP contribution is 2.34. The van der Waals surface area contributed by atoms with Gasteiger partial charge in [-0.1, -0.05) is 42.3 Å². The molecule has 0 radical (unpaired) electrons. The normalized spacial score (nSPS) is 28.7. The summed E-state index contributed by atoms with van der Waals surface area (Å²) in [7, 11) is 1.46. The molecule has 2 fully saturated rings. The van der Waals surface area contributed by atoms with Gasteiger partial charge in [-0.15, -0.1) is 0 Å². The van der Waals surface area contributed by atoms with Crippen LogP contribution >= 0.6 is 11.9 Å². The number of likely N-dealkylation sites (tertiary alicyclic amines) is 1. The number of carbonyl (C=O) groups is 1. The molecule has 2 unspecified atom stereocenters. The summed E-state index contributed by atoms with van der Waals surface area (Å²) in [4.78, 5) is 14.0. The monoisotopic (exact) mass is 392 g/mol. The van der Waals surface area contributed by atoms with Crippen molar-refractivity contribution in [2.45, 2.75) is 62.6 Å². The van der Waals surface area contributed by atoms with Gasteiger partial charge in [0.15, 0.2) is 0 Å². The first-order valence-electron chi connectivity index (χ1n) is 10.0. The van der Waals surface area contributed by atoms with Crippen molar-refractivity contribution in [2.75, 3.05) is 26.5 Å². The lowest BCUT2D eigenvalue weighted by Gasteiger charge is -2.41. The van der Waals surface area contributed by atoms with E-state index in [1.807, 2.05) is 11.2 Å². The zero-order valence-corrected chi connectivity index (χ0v) is 17.2. The van der Waals surface area contributed by atoms with Crippen molar-refractivity contribution in [1.82, 2.24) is 9.62 Å². The van der Waals surface area contributed by atoms with Gasteiger partial charge in [-0.2, -0.15) is 0 Å². The Morgan fingerprint density at radius 1 is 1.19 bits per heavy atom. The summed E-state index contributed by atoms with van der Waals surface area (Å²) >= 11 is 1.61. The molecule has 2 atom stereocenters. The Balaban J connectivity index is 1.53. The summed E-state index contributed by atoms with van der Waals surface area (Å²) in [6.07, 6.45) is 8.65. The van der Waals surface area contributed by atoms with E-state index in [1.165, 1.54) is 25.5 Å². The second kappa shape index (κ2) is 10.3. The van der Waals surface area contributed by atoms with Crippen molar-refractivity contribution in [3.63, 3.8) is 0 Å². The number of hydrogen-bond donors (Lipinski definition) is 1. The maximum absolute atomic E-state index is 12.2. The fraction of sp³-hybridized carbons (Fsp3) is 0.667. The number of ether oxygens (including phenoxy) is 2. The van der Waals surface area contributed by atoms with Crippen molar-refractivity contribution in [2.24, 2.45) is 0 Å². The van der Waals surface area contributed by atoms with Crippen LogP contribution in [0.3, 0.4) is 0 Å². The number of methoxy groups -OCH3 is 1. The SMILES string of the molecule is COC(=O)N1CCCC(NSC)C1COC1CCC(c2ccccc2)CC1. The quantitative estimate of drug-likeness (QED) is 0.736. The molecule has 6 heteroatoms. The highest BCUT2D eigenvalue weighted by molar-refractivity contribution is 7.96. The summed E-state index contributed by atoms with van der Waals surface area (Å²) in [6, 6.07) is 11.1. The fourth-order valence-corrected chi connectivity index (χ4v) is 5.00. The largest absolute Gasteiger partial charge is 0.453 e. The fourth-order valence-electron chi connectivity index (χ4n) is 4.42. The smallest absolute Gasteiger partial charge is 0.409 e. The molecule has 2 aliphatic rings. The molecule has 3 rings (SSSR count). The molecule has 1 N–H and O–H groups in total. The molecule has 1 heterocycles. The molecule has 5 nitrogen and oxygen atoms in total. The van der Waals surface area contributed by atoms with Crippen LogP contribution < -0.4 is 4.72 Å². The summed E-state index contributed by atoms with van der Waals surface area (Å²) < 4.78 is 14.8. The van der Waals surface area contributed by atoms with Crippen LogP contribution in [0.2, 0.25) is 0 Å². The van der Waals surface area contributed by atoms with Crippen LogP contribution in [-0.4, -0.2) is 55.7 Å². The average Bonchev–Trinajstić information content (AvgIpc) is 2.73. The molecule has 0 bridgehead atoms. The average molecular weight is 393 g/mol. The summed E-state index contributed by atoms with van der Waals surface area (Å²) in [5.41, 5.74) is 1.45. The Kier molecular flexibility index (Phi) is 7.85. The highest BCUT2D eigenvalue weighted by atomic mass is 32.2. The number of nitrogens with zero attached hydrogens (tertiary/aromatic N) is 1. The third-order valence-electron chi connectivity index (χ3n) is 5.91. The molecule has 0 spiro atoms. The number of carbonyl (C=O) groups excluding carboxylic acids is 1.